The number of aromatic nitrogens is 2. The lowest BCUT2D eigenvalue weighted by atomic mass is 10.1. The Morgan fingerprint density at radius 3 is 2.62 bits per heavy atom. The van der Waals surface area contributed by atoms with Crippen molar-refractivity contribution in [2.24, 2.45) is 7.05 Å². The fourth-order valence-electron chi connectivity index (χ4n) is 1.36. The zero-order valence-electron chi connectivity index (χ0n) is 8.21. The molecule has 13 heavy (non-hydrogen) atoms. The molecule has 1 aromatic rings. The Hall–Kier alpha value is -0.350. The number of aryl methyl sites for hydroxylation is 1. The SMILES string of the molecule is CCC[C@@H](O)c1c(Br)nc(C)n1C. The highest BCUT2D eigenvalue weighted by Gasteiger charge is 2.17. The topological polar surface area (TPSA) is 38.1 Å². The summed E-state index contributed by atoms with van der Waals surface area (Å²) in [5.41, 5.74) is 0.874. The van der Waals surface area contributed by atoms with Gasteiger partial charge < -0.3 is 9.67 Å². The smallest absolute Gasteiger partial charge is 0.130 e. The van der Waals surface area contributed by atoms with Gasteiger partial charge in [0.1, 0.15) is 10.4 Å². The van der Waals surface area contributed by atoms with Gasteiger partial charge in [0.05, 0.1) is 11.8 Å². The maximum atomic E-state index is 9.80. The Balaban J connectivity index is 2.98. The van der Waals surface area contributed by atoms with Crippen molar-refractivity contribution < 1.29 is 5.11 Å². The minimum absolute atomic E-state index is 0.412. The first-order valence-corrected chi connectivity index (χ1v) is 5.24. The number of aliphatic hydroxyl groups excluding tert-OH is 1. The molecule has 1 N–H and O–H groups in total. The van der Waals surface area contributed by atoms with E-state index in [1.165, 1.54) is 0 Å². The molecule has 0 bridgehead atoms. The van der Waals surface area contributed by atoms with E-state index in [2.05, 4.69) is 27.8 Å². The predicted octanol–water partition coefficient (Wildman–Crippen LogP) is 2.32. The van der Waals surface area contributed by atoms with Gasteiger partial charge in [0.15, 0.2) is 0 Å². The van der Waals surface area contributed by atoms with Crippen molar-refractivity contribution >= 4 is 15.9 Å². The highest BCUT2D eigenvalue weighted by molar-refractivity contribution is 9.10. The molecule has 1 atom stereocenters. The van der Waals surface area contributed by atoms with E-state index >= 15 is 0 Å². The predicted molar refractivity (Wildman–Crippen MR) is 55.5 cm³/mol. The molecular weight excluding hydrogens is 232 g/mol. The molecule has 0 amide bonds. The number of halogens is 1. The second kappa shape index (κ2) is 4.24. The molecule has 0 aliphatic rings. The molecule has 0 saturated heterocycles. The third-order valence-corrected chi connectivity index (χ3v) is 2.78. The van der Waals surface area contributed by atoms with Crippen molar-refractivity contribution in [1.29, 1.82) is 0 Å². The molecule has 1 aromatic heterocycles. The van der Waals surface area contributed by atoms with Crippen molar-refractivity contribution in [2.45, 2.75) is 32.8 Å². The Morgan fingerprint density at radius 2 is 2.23 bits per heavy atom. The molecular formula is C9H15BrN2O. The number of aliphatic hydroxyl groups is 1. The summed E-state index contributed by atoms with van der Waals surface area (Å²) >= 11 is 3.35. The average Bonchev–Trinajstić information content (AvgIpc) is 2.27. The second-order valence-corrected chi connectivity index (χ2v) is 3.95. The van der Waals surface area contributed by atoms with Crippen molar-refractivity contribution in [3.05, 3.63) is 16.1 Å². The van der Waals surface area contributed by atoms with Crippen molar-refractivity contribution in [2.75, 3.05) is 0 Å². The fraction of sp³-hybridized carbons (Fsp3) is 0.667. The van der Waals surface area contributed by atoms with E-state index in [0.29, 0.717) is 0 Å². The normalized spacial score (nSPS) is 13.3. The summed E-state index contributed by atoms with van der Waals surface area (Å²) in [6, 6.07) is 0. The van der Waals surface area contributed by atoms with E-state index < -0.39 is 6.10 Å². The second-order valence-electron chi connectivity index (χ2n) is 3.20. The van der Waals surface area contributed by atoms with E-state index in [-0.39, 0.29) is 0 Å². The summed E-state index contributed by atoms with van der Waals surface area (Å²) in [5.74, 6) is 0.914. The van der Waals surface area contributed by atoms with Crippen LogP contribution in [-0.2, 0) is 7.05 Å². The fourth-order valence-corrected chi connectivity index (χ4v) is 2.15. The van der Waals surface area contributed by atoms with Gasteiger partial charge in [-0.1, -0.05) is 13.3 Å². The van der Waals surface area contributed by atoms with Crippen molar-refractivity contribution in [1.82, 2.24) is 9.55 Å². The van der Waals surface area contributed by atoms with Gasteiger partial charge in [0.25, 0.3) is 0 Å². The lowest BCUT2D eigenvalue weighted by Crippen LogP contribution is -2.05. The van der Waals surface area contributed by atoms with E-state index in [9.17, 15) is 5.11 Å². The zero-order chi connectivity index (χ0) is 10.0. The largest absolute Gasteiger partial charge is 0.387 e. The molecule has 0 spiro atoms. The molecule has 74 valence electrons. The Labute approximate surface area is 86.9 Å². The van der Waals surface area contributed by atoms with Crippen LogP contribution in [0, 0.1) is 6.92 Å². The van der Waals surface area contributed by atoms with Crippen LogP contribution in [0.3, 0.4) is 0 Å². The van der Waals surface area contributed by atoms with Gasteiger partial charge in [0, 0.05) is 7.05 Å². The standard InChI is InChI=1S/C9H15BrN2O/c1-4-5-7(13)8-9(10)11-6(2)12(8)3/h7,13H,4-5H2,1-3H3/t7-/m1/s1. The van der Waals surface area contributed by atoms with Crippen molar-refractivity contribution in [3.63, 3.8) is 0 Å². The molecule has 0 unspecified atom stereocenters. The van der Waals surface area contributed by atoms with Crippen LogP contribution in [0.5, 0.6) is 0 Å². The Bertz CT molecular complexity index is 296. The van der Waals surface area contributed by atoms with Crippen LogP contribution in [0.1, 0.15) is 37.4 Å². The highest BCUT2D eigenvalue weighted by atomic mass is 79.9. The van der Waals surface area contributed by atoms with Crippen LogP contribution >= 0.6 is 15.9 Å². The molecule has 1 heterocycles. The van der Waals surface area contributed by atoms with Crippen LogP contribution in [0.4, 0.5) is 0 Å². The molecule has 0 aliphatic carbocycles. The Kier molecular flexibility index (Phi) is 3.50. The first-order chi connectivity index (χ1) is 6.07. The van der Waals surface area contributed by atoms with Crippen LogP contribution in [0.25, 0.3) is 0 Å². The molecule has 3 nitrogen and oxygen atoms in total. The number of hydrogen-bond acceptors (Lipinski definition) is 2. The number of hydrogen-bond donors (Lipinski definition) is 1. The van der Waals surface area contributed by atoms with Gasteiger partial charge in [-0.15, -0.1) is 0 Å². The molecule has 0 aliphatic heterocycles. The quantitative estimate of drug-likeness (QED) is 0.890. The maximum absolute atomic E-state index is 9.80. The number of rotatable bonds is 3. The van der Waals surface area contributed by atoms with E-state index in [4.69, 9.17) is 0 Å². The zero-order valence-corrected chi connectivity index (χ0v) is 9.80. The lowest BCUT2D eigenvalue weighted by Gasteiger charge is -2.10. The van der Waals surface area contributed by atoms with Gasteiger partial charge >= 0.3 is 0 Å². The molecule has 4 heteroatoms. The van der Waals surface area contributed by atoms with Gasteiger partial charge in [0.2, 0.25) is 0 Å². The minimum atomic E-state index is -0.412. The summed E-state index contributed by atoms with van der Waals surface area (Å²) < 4.78 is 2.68. The monoisotopic (exact) mass is 246 g/mol. The first-order valence-electron chi connectivity index (χ1n) is 4.44. The van der Waals surface area contributed by atoms with Gasteiger partial charge in [-0.25, -0.2) is 4.98 Å². The average molecular weight is 247 g/mol. The van der Waals surface area contributed by atoms with Crippen LogP contribution in [-0.4, -0.2) is 14.7 Å². The van der Waals surface area contributed by atoms with Gasteiger partial charge in [-0.05, 0) is 29.3 Å². The Morgan fingerprint density at radius 1 is 1.62 bits per heavy atom. The van der Waals surface area contributed by atoms with Gasteiger partial charge in [-0.2, -0.15) is 0 Å². The first kappa shape index (κ1) is 10.7. The summed E-state index contributed by atoms with van der Waals surface area (Å²) in [7, 11) is 1.92. The summed E-state index contributed by atoms with van der Waals surface area (Å²) in [6.45, 7) is 3.98. The third kappa shape index (κ3) is 2.11. The van der Waals surface area contributed by atoms with E-state index in [0.717, 1.165) is 29.0 Å². The van der Waals surface area contributed by atoms with E-state index in [1.54, 1.807) is 0 Å². The van der Waals surface area contributed by atoms with Gasteiger partial charge in [-0.3, -0.25) is 0 Å². The molecule has 0 radical (unpaired) electrons. The highest BCUT2D eigenvalue weighted by Crippen LogP contribution is 2.26. The maximum Gasteiger partial charge on any atom is 0.130 e. The molecule has 1 rings (SSSR count). The number of imidazole rings is 1. The summed E-state index contributed by atoms with van der Waals surface area (Å²) in [4.78, 5) is 4.23. The lowest BCUT2D eigenvalue weighted by molar-refractivity contribution is 0.157. The van der Waals surface area contributed by atoms with Crippen molar-refractivity contribution in [3.8, 4) is 0 Å². The number of nitrogens with zero attached hydrogens (tertiary/aromatic N) is 2. The minimum Gasteiger partial charge on any atom is -0.387 e. The molecule has 0 saturated carbocycles. The molecule has 0 fully saturated rings. The summed E-state index contributed by atoms with van der Waals surface area (Å²) in [6.07, 6.45) is 1.33. The summed E-state index contributed by atoms with van der Waals surface area (Å²) in [5, 5.41) is 9.80. The molecule has 0 aromatic carbocycles. The van der Waals surface area contributed by atoms with Crippen LogP contribution in [0.15, 0.2) is 4.60 Å². The third-order valence-electron chi connectivity index (χ3n) is 2.20. The van der Waals surface area contributed by atoms with Crippen LogP contribution in [0.2, 0.25) is 0 Å². The van der Waals surface area contributed by atoms with Crippen LogP contribution < -0.4 is 0 Å². The van der Waals surface area contributed by atoms with E-state index in [1.807, 2.05) is 18.5 Å².